The van der Waals surface area contributed by atoms with Crippen LogP contribution in [0.4, 0.5) is 0 Å². The number of nitrogens with zero attached hydrogens (tertiary/aromatic N) is 1. The average molecular weight is 327 g/mol. The van der Waals surface area contributed by atoms with Gasteiger partial charge in [0.1, 0.15) is 18.5 Å². The molecule has 3 nitrogen and oxygen atoms in total. The quantitative estimate of drug-likeness (QED) is 0.677. The highest BCUT2D eigenvalue weighted by Gasteiger charge is 2.09. The summed E-state index contributed by atoms with van der Waals surface area (Å²) >= 11 is 0. The van der Waals surface area contributed by atoms with Gasteiger partial charge in [0, 0.05) is 6.54 Å². The Balaban J connectivity index is 1.78. The first-order chi connectivity index (χ1) is 11.6. The van der Waals surface area contributed by atoms with Crippen LogP contribution in [0.25, 0.3) is 0 Å². The van der Waals surface area contributed by atoms with Gasteiger partial charge in [-0.05, 0) is 57.0 Å². The van der Waals surface area contributed by atoms with Gasteiger partial charge >= 0.3 is 0 Å². The van der Waals surface area contributed by atoms with Crippen LogP contribution in [-0.4, -0.2) is 43.4 Å². The van der Waals surface area contributed by atoms with Crippen molar-refractivity contribution < 1.29 is 9.84 Å². The highest BCUT2D eigenvalue weighted by molar-refractivity contribution is 5.33. The van der Waals surface area contributed by atoms with Gasteiger partial charge in [-0.3, -0.25) is 0 Å². The first kappa shape index (κ1) is 18.5. The van der Waals surface area contributed by atoms with Gasteiger partial charge in [-0.1, -0.05) is 48.5 Å². The molecule has 0 fully saturated rings. The Kier molecular flexibility index (Phi) is 7.80. The SMILES string of the molecule is CN(C)CC(O)COc1ccccc1CCCCc1ccccc1. The third-order valence-corrected chi connectivity index (χ3v) is 3.98. The molecular weight excluding hydrogens is 298 g/mol. The van der Waals surface area contributed by atoms with Gasteiger partial charge in [-0.2, -0.15) is 0 Å². The van der Waals surface area contributed by atoms with Crippen molar-refractivity contribution in [3.63, 3.8) is 0 Å². The first-order valence-electron chi connectivity index (χ1n) is 8.72. The molecule has 24 heavy (non-hydrogen) atoms. The maximum Gasteiger partial charge on any atom is 0.122 e. The number of rotatable bonds is 10. The second-order valence-corrected chi connectivity index (χ2v) is 6.53. The summed E-state index contributed by atoms with van der Waals surface area (Å²) in [5.41, 5.74) is 2.62. The Morgan fingerprint density at radius 2 is 1.58 bits per heavy atom. The van der Waals surface area contributed by atoms with E-state index in [0.29, 0.717) is 13.2 Å². The number of benzene rings is 2. The lowest BCUT2D eigenvalue weighted by atomic mass is 10.0. The summed E-state index contributed by atoms with van der Waals surface area (Å²) in [6, 6.07) is 18.8. The first-order valence-corrected chi connectivity index (χ1v) is 8.72. The topological polar surface area (TPSA) is 32.7 Å². The van der Waals surface area contributed by atoms with Crippen LogP contribution in [-0.2, 0) is 12.8 Å². The minimum Gasteiger partial charge on any atom is -0.491 e. The van der Waals surface area contributed by atoms with Crippen molar-refractivity contribution in [2.75, 3.05) is 27.2 Å². The molecule has 2 aromatic rings. The lowest BCUT2D eigenvalue weighted by Crippen LogP contribution is -2.30. The molecule has 3 heteroatoms. The van der Waals surface area contributed by atoms with Gasteiger partial charge in [0.25, 0.3) is 0 Å². The minimum atomic E-state index is -0.467. The second-order valence-electron chi connectivity index (χ2n) is 6.53. The largest absolute Gasteiger partial charge is 0.491 e. The normalized spacial score (nSPS) is 12.3. The van der Waals surface area contributed by atoms with Gasteiger partial charge in [0.05, 0.1) is 0 Å². The van der Waals surface area contributed by atoms with E-state index < -0.39 is 6.10 Å². The standard InChI is InChI=1S/C21H29NO2/c1-22(2)16-20(23)17-24-21-15-9-8-14-19(21)13-7-6-12-18-10-4-3-5-11-18/h3-5,8-11,14-15,20,23H,6-7,12-13,16-17H2,1-2H3. The fourth-order valence-corrected chi connectivity index (χ4v) is 2.80. The van der Waals surface area contributed by atoms with E-state index in [1.807, 2.05) is 31.1 Å². The fourth-order valence-electron chi connectivity index (χ4n) is 2.80. The zero-order valence-corrected chi connectivity index (χ0v) is 14.8. The molecule has 0 aliphatic rings. The monoisotopic (exact) mass is 327 g/mol. The van der Waals surface area contributed by atoms with Crippen LogP contribution in [0, 0.1) is 0 Å². The lowest BCUT2D eigenvalue weighted by Gasteiger charge is -2.18. The summed E-state index contributed by atoms with van der Waals surface area (Å²) < 4.78 is 5.84. The molecule has 0 aliphatic heterocycles. The number of para-hydroxylation sites is 1. The maximum absolute atomic E-state index is 9.95. The molecule has 0 saturated carbocycles. The molecule has 0 bridgehead atoms. The Bertz CT molecular complexity index is 583. The number of aryl methyl sites for hydroxylation is 2. The molecular formula is C21H29NO2. The Labute approximate surface area is 145 Å². The second kappa shape index (κ2) is 10.1. The van der Waals surface area contributed by atoms with Gasteiger partial charge in [0.2, 0.25) is 0 Å². The predicted molar refractivity (Wildman–Crippen MR) is 99.6 cm³/mol. The van der Waals surface area contributed by atoms with Crippen LogP contribution in [0.2, 0.25) is 0 Å². The smallest absolute Gasteiger partial charge is 0.122 e. The van der Waals surface area contributed by atoms with Crippen molar-refractivity contribution >= 4 is 0 Å². The van der Waals surface area contributed by atoms with Crippen molar-refractivity contribution in [1.82, 2.24) is 4.90 Å². The van der Waals surface area contributed by atoms with E-state index in [-0.39, 0.29) is 0 Å². The third-order valence-electron chi connectivity index (χ3n) is 3.98. The predicted octanol–water partition coefficient (Wildman–Crippen LogP) is 3.55. The van der Waals surface area contributed by atoms with E-state index in [4.69, 9.17) is 4.74 Å². The summed E-state index contributed by atoms with van der Waals surface area (Å²) in [4.78, 5) is 1.96. The van der Waals surface area contributed by atoms with Crippen molar-refractivity contribution in [2.45, 2.75) is 31.8 Å². The highest BCUT2D eigenvalue weighted by atomic mass is 16.5. The molecule has 0 heterocycles. The fraction of sp³-hybridized carbons (Fsp3) is 0.429. The summed E-state index contributed by atoms with van der Waals surface area (Å²) in [6.45, 7) is 0.943. The molecule has 1 N–H and O–H groups in total. The Morgan fingerprint density at radius 3 is 2.33 bits per heavy atom. The van der Waals surface area contributed by atoms with Gasteiger partial charge in [0.15, 0.2) is 0 Å². The molecule has 2 aromatic carbocycles. The third kappa shape index (κ3) is 6.73. The van der Waals surface area contributed by atoms with Crippen LogP contribution in [0.1, 0.15) is 24.0 Å². The molecule has 0 amide bonds. The summed E-state index contributed by atoms with van der Waals surface area (Å²) in [6.07, 6.45) is 3.96. The van der Waals surface area contributed by atoms with Crippen molar-refractivity contribution in [3.05, 3.63) is 65.7 Å². The molecule has 1 unspecified atom stereocenters. The van der Waals surface area contributed by atoms with Crippen molar-refractivity contribution in [3.8, 4) is 5.75 Å². The van der Waals surface area contributed by atoms with Crippen LogP contribution >= 0.6 is 0 Å². The zero-order chi connectivity index (χ0) is 17.2. The number of hydrogen-bond donors (Lipinski definition) is 1. The van der Waals surface area contributed by atoms with E-state index in [9.17, 15) is 5.11 Å². The highest BCUT2D eigenvalue weighted by Crippen LogP contribution is 2.21. The van der Waals surface area contributed by atoms with E-state index in [1.165, 1.54) is 17.5 Å². The lowest BCUT2D eigenvalue weighted by molar-refractivity contribution is 0.0827. The number of ether oxygens (including phenoxy) is 1. The van der Waals surface area contributed by atoms with Crippen LogP contribution in [0.5, 0.6) is 5.75 Å². The van der Waals surface area contributed by atoms with E-state index >= 15 is 0 Å². The van der Waals surface area contributed by atoms with E-state index in [0.717, 1.165) is 25.0 Å². The average Bonchev–Trinajstić information content (AvgIpc) is 2.58. The van der Waals surface area contributed by atoms with Crippen molar-refractivity contribution in [1.29, 1.82) is 0 Å². The zero-order valence-electron chi connectivity index (χ0n) is 14.8. The number of hydrogen-bond acceptors (Lipinski definition) is 3. The van der Waals surface area contributed by atoms with Gasteiger partial charge in [-0.15, -0.1) is 0 Å². The molecule has 130 valence electrons. The Morgan fingerprint density at radius 1 is 0.917 bits per heavy atom. The minimum absolute atomic E-state index is 0.333. The van der Waals surface area contributed by atoms with E-state index in [1.54, 1.807) is 0 Å². The molecule has 0 aliphatic carbocycles. The summed E-state index contributed by atoms with van der Waals surface area (Å²) in [5, 5.41) is 9.95. The molecule has 0 aromatic heterocycles. The van der Waals surface area contributed by atoms with Crippen LogP contribution < -0.4 is 4.74 Å². The molecule has 0 spiro atoms. The summed E-state index contributed by atoms with van der Waals surface area (Å²) in [7, 11) is 3.90. The Hall–Kier alpha value is -1.84. The van der Waals surface area contributed by atoms with E-state index in [2.05, 4.69) is 42.5 Å². The van der Waals surface area contributed by atoms with Crippen LogP contribution in [0.15, 0.2) is 54.6 Å². The molecule has 0 saturated heterocycles. The molecule has 0 radical (unpaired) electrons. The van der Waals surface area contributed by atoms with Crippen molar-refractivity contribution in [2.24, 2.45) is 0 Å². The summed E-state index contributed by atoms with van der Waals surface area (Å²) in [5.74, 6) is 0.898. The number of unbranched alkanes of at least 4 members (excludes halogenated alkanes) is 1. The van der Waals surface area contributed by atoms with Crippen LogP contribution in [0.3, 0.4) is 0 Å². The number of aliphatic hydroxyl groups is 1. The molecule has 2 rings (SSSR count). The maximum atomic E-state index is 9.95. The van der Waals surface area contributed by atoms with Gasteiger partial charge in [-0.25, -0.2) is 0 Å². The number of likely N-dealkylation sites (N-methyl/N-ethyl adjacent to an activating group) is 1. The molecule has 1 atom stereocenters. The van der Waals surface area contributed by atoms with Gasteiger partial charge < -0.3 is 14.7 Å². The number of aliphatic hydroxyl groups excluding tert-OH is 1.